The Labute approximate surface area is 78.8 Å². The summed E-state index contributed by atoms with van der Waals surface area (Å²) in [6.07, 6.45) is 1.80. The largest absolute Gasteiger partial charge is 0.394 e. The van der Waals surface area contributed by atoms with Crippen LogP contribution in [0.2, 0.25) is 0 Å². The molecule has 1 rings (SSSR count). The summed E-state index contributed by atoms with van der Waals surface area (Å²) in [7, 11) is 3.71. The second kappa shape index (κ2) is 3.60. The predicted molar refractivity (Wildman–Crippen MR) is 54.9 cm³/mol. The van der Waals surface area contributed by atoms with E-state index >= 15 is 0 Å². The molecule has 0 aliphatic rings. The third-order valence-electron chi connectivity index (χ3n) is 1.58. The third kappa shape index (κ3) is 3.27. The zero-order valence-corrected chi connectivity index (χ0v) is 8.07. The zero-order valence-electron chi connectivity index (χ0n) is 8.07. The van der Waals surface area contributed by atoms with Crippen LogP contribution in [0.1, 0.15) is 5.56 Å². The van der Waals surface area contributed by atoms with E-state index in [1.165, 1.54) is 0 Å². The van der Waals surface area contributed by atoms with Crippen LogP contribution in [0.25, 0.3) is 5.70 Å². The first-order valence-corrected chi connectivity index (χ1v) is 4.15. The van der Waals surface area contributed by atoms with Gasteiger partial charge >= 0.3 is 0 Å². The summed E-state index contributed by atoms with van der Waals surface area (Å²) < 4.78 is 0.237. The molecule has 0 spiro atoms. The van der Waals surface area contributed by atoms with Gasteiger partial charge in [0.15, 0.2) is 0 Å². The van der Waals surface area contributed by atoms with Crippen molar-refractivity contribution in [3.63, 3.8) is 0 Å². The number of nitrogens with two attached hydrogens (primary N) is 2. The number of nitrogens with zero attached hydrogens (tertiary/aromatic N) is 1. The van der Waals surface area contributed by atoms with Crippen molar-refractivity contribution in [3.05, 3.63) is 42.1 Å². The maximum Gasteiger partial charge on any atom is 0.138 e. The minimum atomic E-state index is 0.237. The first kappa shape index (κ1) is 9.77. The lowest BCUT2D eigenvalue weighted by atomic mass is 10.2. The van der Waals surface area contributed by atoms with Gasteiger partial charge in [-0.05, 0) is 0 Å². The van der Waals surface area contributed by atoms with E-state index in [0.717, 1.165) is 5.56 Å². The maximum atomic E-state index is 5.85. The molecule has 4 N–H and O–H groups in total. The number of benzene rings is 1. The first-order chi connectivity index (χ1) is 5.99. The molecule has 0 saturated heterocycles. The summed E-state index contributed by atoms with van der Waals surface area (Å²) in [6, 6.07) is 9.78. The normalized spacial score (nSPS) is 13.0. The monoisotopic (exact) mass is 178 g/mol. The molecule has 3 heteroatoms. The molecule has 0 aliphatic carbocycles. The van der Waals surface area contributed by atoms with Crippen molar-refractivity contribution in [2.75, 3.05) is 14.1 Å². The lowest BCUT2D eigenvalue weighted by molar-refractivity contribution is -0.850. The maximum absolute atomic E-state index is 5.85. The van der Waals surface area contributed by atoms with E-state index in [-0.39, 0.29) is 4.59 Å². The van der Waals surface area contributed by atoms with Crippen LogP contribution >= 0.6 is 0 Å². The van der Waals surface area contributed by atoms with Gasteiger partial charge in [-0.15, -0.1) is 0 Å². The summed E-state index contributed by atoms with van der Waals surface area (Å²) in [5, 5.41) is 0. The van der Waals surface area contributed by atoms with Gasteiger partial charge in [-0.1, -0.05) is 30.3 Å². The van der Waals surface area contributed by atoms with Crippen molar-refractivity contribution >= 4 is 5.70 Å². The van der Waals surface area contributed by atoms with Crippen LogP contribution in [-0.2, 0) is 0 Å². The SMILES string of the molecule is C[N+](C)(N)/C=C(\N)c1ccccc1. The Morgan fingerprint density at radius 2 is 1.77 bits per heavy atom. The van der Waals surface area contributed by atoms with Crippen LogP contribution in [0, 0.1) is 0 Å². The fourth-order valence-corrected chi connectivity index (χ4v) is 1.06. The van der Waals surface area contributed by atoms with Crippen molar-refractivity contribution in [3.8, 4) is 0 Å². The molecule has 0 aromatic heterocycles. The highest BCUT2D eigenvalue weighted by Crippen LogP contribution is 2.08. The van der Waals surface area contributed by atoms with Gasteiger partial charge in [0.2, 0.25) is 0 Å². The summed E-state index contributed by atoms with van der Waals surface area (Å²) in [5.41, 5.74) is 7.55. The molecule has 70 valence electrons. The van der Waals surface area contributed by atoms with E-state index in [1.54, 1.807) is 6.20 Å². The van der Waals surface area contributed by atoms with Crippen molar-refractivity contribution in [2.24, 2.45) is 11.6 Å². The molecular weight excluding hydrogens is 162 g/mol. The predicted octanol–water partition coefficient (Wildman–Crippen LogP) is 0.894. The van der Waals surface area contributed by atoms with Gasteiger partial charge in [-0.25, -0.2) is 4.59 Å². The van der Waals surface area contributed by atoms with Gasteiger partial charge in [0, 0.05) is 5.56 Å². The fourth-order valence-electron chi connectivity index (χ4n) is 1.06. The van der Waals surface area contributed by atoms with Gasteiger partial charge < -0.3 is 5.73 Å². The van der Waals surface area contributed by atoms with E-state index in [0.29, 0.717) is 5.70 Å². The van der Waals surface area contributed by atoms with Crippen molar-refractivity contribution in [2.45, 2.75) is 0 Å². The van der Waals surface area contributed by atoms with Crippen LogP contribution in [0.3, 0.4) is 0 Å². The quantitative estimate of drug-likeness (QED) is 0.401. The van der Waals surface area contributed by atoms with Crippen LogP contribution < -0.4 is 11.6 Å². The van der Waals surface area contributed by atoms with Crippen LogP contribution in [-0.4, -0.2) is 18.7 Å². The number of hydrogen-bond acceptors (Lipinski definition) is 2. The van der Waals surface area contributed by atoms with Gasteiger partial charge in [-0.2, -0.15) is 5.84 Å². The Morgan fingerprint density at radius 1 is 1.23 bits per heavy atom. The van der Waals surface area contributed by atoms with E-state index in [9.17, 15) is 0 Å². The second-order valence-electron chi connectivity index (χ2n) is 3.58. The van der Waals surface area contributed by atoms with Crippen molar-refractivity contribution in [1.29, 1.82) is 0 Å². The Hall–Kier alpha value is -1.32. The molecule has 0 unspecified atom stereocenters. The lowest BCUT2D eigenvalue weighted by Gasteiger charge is -2.17. The highest BCUT2D eigenvalue weighted by molar-refractivity contribution is 5.61. The standard InChI is InChI=1S/C10H16N3/c1-13(2,12)8-10(11)9-6-4-3-5-7-9/h3-8H,11-12H2,1-2H3/q+1/b10-8-. The van der Waals surface area contributed by atoms with Gasteiger partial charge in [0.25, 0.3) is 0 Å². The van der Waals surface area contributed by atoms with Crippen molar-refractivity contribution < 1.29 is 4.59 Å². The van der Waals surface area contributed by atoms with E-state index < -0.39 is 0 Å². The van der Waals surface area contributed by atoms with Gasteiger partial charge in [-0.3, -0.25) is 0 Å². The van der Waals surface area contributed by atoms with Gasteiger partial charge in [0.1, 0.15) is 6.20 Å². The second-order valence-corrected chi connectivity index (χ2v) is 3.58. The minimum absolute atomic E-state index is 0.237. The minimum Gasteiger partial charge on any atom is -0.394 e. The Morgan fingerprint density at radius 3 is 2.23 bits per heavy atom. The number of rotatable bonds is 2. The molecule has 0 amide bonds. The molecule has 0 bridgehead atoms. The average molecular weight is 178 g/mol. The van der Waals surface area contributed by atoms with E-state index in [1.807, 2.05) is 44.4 Å². The smallest absolute Gasteiger partial charge is 0.138 e. The first-order valence-electron chi connectivity index (χ1n) is 4.15. The molecule has 0 atom stereocenters. The van der Waals surface area contributed by atoms with Gasteiger partial charge in [0.05, 0.1) is 19.8 Å². The molecule has 0 heterocycles. The molecule has 3 nitrogen and oxygen atoms in total. The molecule has 0 fully saturated rings. The summed E-state index contributed by atoms with van der Waals surface area (Å²) >= 11 is 0. The van der Waals surface area contributed by atoms with Crippen LogP contribution in [0.4, 0.5) is 0 Å². The molecule has 0 radical (unpaired) electrons. The lowest BCUT2D eigenvalue weighted by Crippen LogP contribution is -2.41. The summed E-state index contributed by atoms with van der Waals surface area (Å²) in [6.45, 7) is 0. The number of quaternary nitrogens is 1. The molecule has 13 heavy (non-hydrogen) atoms. The summed E-state index contributed by atoms with van der Waals surface area (Å²) in [4.78, 5) is 0. The zero-order chi connectivity index (χ0) is 9.90. The molecular formula is C10H16N3+. The molecule has 0 aliphatic heterocycles. The average Bonchev–Trinajstić information content (AvgIpc) is 2.03. The highest BCUT2D eigenvalue weighted by atomic mass is 15.5. The molecule has 1 aromatic rings. The number of hydrogen-bond donors (Lipinski definition) is 2. The van der Waals surface area contributed by atoms with Crippen LogP contribution in [0.5, 0.6) is 0 Å². The summed E-state index contributed by atoms with van der Waals surface area (Å²) in [5.74, 6) is 5.75. The molecule has 0 saturated carbocycles. The van der Waals surface area contributed by atoms with Crippen molar-refractivity contribution in [1.82, 2.24) is 0 Å². The Balaban J connectivity index is 2.92. The van der Waals surface area contributed by atoms with E-state index in [2.05, 4.69) is 0 Å². The molecule has 1 aromatic carbocycles. The van der Waals surface area contributed by atoms with E-state index in [4.69, 9.17) is 11.6 Å². The Bertz CT molecular complexity index is 296. The fraction of sp³-hybridized carbons (Fsp3) is 0.200. The topological polar surface area (TPSA) is 52.0 Å². The third-order valence-corrected chi connectivity index (χ3v) is 1.58. The van der Waals surface area contributed by atoms with Crippen LogP contribution in [0.15, 0.2) is 36.5 Å². The Kier molecular flexibility index (Phi) is 2.70. The highest BCUT2D eigenvalue weighted by Gasteiger charge is 2.06.